The number of hydrogen-bond donors (Lipinski definition) is 1. The molecule has 1 aliphatic rings. The summed E-state index contributed by atoms with van der Waals surface area (Å²) < 4.78 is 0. The van der Waals surface area contributed by atoms with Crippen molar-refractivity contribution in [2.75, 3.05) is 29.9 Å². The summed E-state index contributed by atoms with van der Waals surface area (Å²) in [4.78, 5) is 6.70. The Labute approximate surface area is 154 Å². The van der Waals surface area contributed by atoms with Crippen LogP contribution in [0, 0.1) is 5.92 Å². The molecule has 0 unspecified atom stereocenters. The number of pyridine rings is 1. The van der Waals surface area contributed by atoms with Gasteiger partial charge in [0.05, 0.1) is 11.2 Å². The SMILES string of the molecule is CC(C)(C)c1ccc(N2CC(CNc3ccnc4ccccc34)C2)nn1. The molecule has 5 heteroatoms. The number of nitrogens with zero attached hydrogens (tertiary/aromatic N) is 4. The first-order chi connectivity index (χ1) is 12.5. The molecule has 1 aromatic carbocycles. The maximum atomic E-state index is 4.42. The molecule has 0 aliphatic carbocycles. The molecule has 0 atom stereocenters. The van der Waals surface area contributed by atoms with Crippen molar-refractivity contribution in [3.8, 4) is 0 Å². The van der Waals surface area contributed by atoms with Crippen LogP contribution in [0.4, 0.5) is 11.5 Å². The molecule has 3 heterocycles. The van der Waals surface area contributed by atoms with Gasteiger partial charge >= 0.3 is 0 Å². The van der Waals surface area contributed by atoms with Gasteiger partial charge in [-0.3, -0.25) is 4.98 Å². The van der Waals surface area contributed by atoms with Gasteiger partial charge in [-0.15, -0.1) is 5.10 Å². The van der Waals surface area contributed by atoms with Gasteiger partial charge in [0.25, 0.3) is 0 Å². The van der Waals surface area contributed by atoms with E-state index in [2.05, 4.69) is 76.5 Å². The van der Waals surface area contributed by atoms with Crippen molar-refractivity contribution in [3.63, 3.8) is 0 Å². The van der Waals surface area contributed by atoms with Gasteiger partial charge in [0, 0.05) is 48.2 Å². The third-order valence-corrected chi connectivity index (χ3v) is 4.93. The smallest absolute Gasteiger partial charge is 0.151 e. The van der Waals surface area contributed by atoms with Crippen molar-refractivity contribution in [1.29, 1.82) is 0 Å². The number of rotatable bonds is 4. The lowest BCUT2D eigenvalue weighted by Gasteiger charge is -2.40. The zero-order valence-electron chi connectivity index (χ0n) is 15.6. The van der Waals surface area contributed by atoms with Crippen LogP contribution in [-0.4, -0.2) is 34.8 Å². The van der Waals surface area contributed by atoms with Crippen molar-refractivity contribution in [1.82, 2.24) is 15.2 Å². The van der Waals surface area contributed by atoms with E-state index in [-0.39, 0.29) is 5.41 Å². The normalized spacial score (nSPS) is 15.1. The molecule has 0 radical (unpaired) electrons. The molecule has 26 heavy (non-hydrogen) atoms. The second kappa shape index (κ2) is 6.56. The molecule has 1 fully saturated rings. The van der Waals surface area contributed by atoms with Crippen LogP contribution in [0.15, 0.2) is 48.7 Å². The largest absolute Gasteiger partial charge is 0.384 e. The Bertz CT molecular complexity index is 887. The van der Waals surface area contributed by atoms with Crippen molar-refractivity contribution in [3.05, 3.63) is 54.4 Å². The average molecular weight is 347 g/mol. The number of hydrogen-bond acceptors (Lipinski definition) is 5. The fraction of sp³-hybridized carbons (Fsp3) is 0.381. The van der Waals surface area contributed by atoms with E-state index >= 15 is 0 Å². The highest BCUT2D eigenvalue weighted by molar-refractivity contribution is 5.90. The minimum Gasteiger partial charge on any atom is -0.384 e. The van der Waals surface area contributed by atoms with Crippen LogP contribution >= 0.6 is 0 Å². The maximum absolute atomic E-state index is 4.42. The van der Waals surface area contributed by atoms with E-state index in [0.29, 0.717) is 5.92 Å². The summed E-state index contributed by atoms with van der Waals surface area (Å²) in [6, 6.07) is 14.5. The minimum atomic E-state index is 0.0419. The summed E-state index contributed by atoms with van der Waals surface area (Å²) in [7, 11) is 0. The third-order valence-electron chi connectivity index (χ3n) is 4.93. The summed E-state index contributed by atoms with van der Waals surface area (Å²) in [6.45, 7) is 9.46. The Hall–Kier alpha value is -2.69. The van der Waals surface area contributed by atoms with Gasteiger partial charge in [0.15, 0.2) is 5.82 Å². The van der Waals surface area contributed by atoms with Crippen molar-refractivity contribution in [2.24, 2.45) is 5.92 Å². The Kier molecular flexibility index (Phi) is 4.23. The standard InChI is InChI=1S/C21H25N5/c1-21(2,3)19-8-9-20(25-24-19)26-13-15(14-26)12-23-18-10-11-22-17-7-5-4-6-16(17)18/h4-11,15H,12-14H2,1-3H3,(H,22,23). The molecule has 0 saturated carbocycles. The molecule has 2 aromatic heterocycles. The number of para-hydroxylation sites is 1. The van der Waals surface area contributed by atoms with Crippen molar-refractivity contribution < 1.29 is 0 Å². The number of benzene rings is 1. The van der Waals surface area contributed by atoms with Crippen LogP contribution in [-0.2, 0) is 5.41 Å². The van der Waals surface area contributed by atoms with Crippen molar-refractivity contribution in [2.45, 2.75) is 26.2 Å². The van der Waals surface area contributed by atoms with E-state index in [9.17, 15) is 0 Å². The summed E-state index contributed by atoms with van der Waals surface area (Å²) in [5.41, 5.74) is 3.26. The van der Waals surface area contributed by atoms with E-state index in [4.69, 9.17) is 0 Å². The predicted molar refractivity (Wildman–Crippen MR) is 107 cm³/mol. The lowest BCUT2D eigenvalue weighted by molar-refractivity contribution is 0.424. The molecule has 4 rings (SSSR count). The van der Waals surface area contributed by atoms with Gasteiger partial charge in [-0.25, -0.2) is 0 Å². The third kappa shape index (κ3) is 3.34. The minimum absolute atomic E-state index is 0.0419. The highest BCUT2D eigenvalue weighted by Crippen LogP contribution is 2.26. The van der Waals surface area contributed by atoms with Gasteiger partial charge in [-0.05, 0) is 24.3 Å². The summed E-state index contributed by atoms with van der Waals surface area (Å²) >= 11 is 0. The molecule has 5 nitrogen and oxygen atoms in total. The molecule has 1 saturated heterocycles. The molecule has 134 valence electrons. The zero-order chi connectivity index (χ0) is 18.1. The van der Waals surface area contributed by atoms with E-state index in [1.165, 1.54) is 5.39 Å². The van der Waals surface area contributed by atoms with E-state index in [1.54, 1.807) is 0 Å². The van der Waals surface area contributed by atoms with E-state index in [0.717, 1.165) is 42.4 Å². The predicted octanol–water partition coefficient (Wildman–Crippen LogP) is 3.87. The van der Waals surface area contributed by atoms with Gasteiger partial charge in [0.1, 0.15) is 0 Å². The first-order valence-corrected chi connectivity index (χ1v) is 9.17. The van der Waals surface area contributed by atoms with Gasteiger partial charge in [-0.1, -0.05) is 39.0 Å². The van der Waals surface area contributed by atoms with Crippen LogP contribution in [0.3, 0.4) is 0 Å². The second-order valence-electron chi connectivity index (χ2n) is 8.05. The summed E-state index contributed by atoms with van der Waals surface area (Å²) in [5, 5.41) is 13.6. The van der Waals surface area contributed by atoms with Crippen LogP contribution < -0.4 is 10.2 Å². The first-order valence-electron chi connectivity index (χ1n) is 9.17. The highest BCUT2D eigenvalue weighted by Gasteiger charge is 2.28. The fourth-order valence-electron chi connectivity index (χ4n) is 3.28. The first kappa shape index (κ1) is 16.8. The van der Waals surface area contributed by atoms with Crippen molar-refractivity contribution >= 4 is 22.4 Å². The fourth-order valence-corrected chi connectivity index (χ4v) is 3.28. The van der Waals surface area contributed by atoms with Gasteiger partial charge in [-0.2, -0.15) is 5.10 Å². The van der Waals surface area contributed by atoms with Crippen LogP contribution in [0.1, 0.15) is 26.5 Å². The number of fused-ring (bicyclic) bond motifs is 1. The highest BCUT2D eigenvalue weighted by atomic mass is 15.3. The average Bonchev–Trinajstić information content (AvgIpc) is 2.60. The van der Waals surface area contributed by atoms with Gasteiger partial charge in [0.2, 0.25) is 0 Å². The Morgan fingerprint density at radius 3 is 2.58 bits per heavy atom. The molecule has 0 spiro atoms. The molecular formula is C21H25N5. The summed E-state index contributed by atoms with van der Waals surface area (Å²) in [6.07, 6.45) is 1.87. The Balaban J connectivity index is 1.34. The molecule has 1 aliphatic heterocycles. The number of anilines is 2. The Morgan fingerprint density at radius 1 is 1.04 bits per heavy atom. The van der Waals surface area contributed by atoms with Gasteiger partial charge < -0.3 is 10.2 Å². The number of nitrogens with one attached hydrogen (secondary N) is 1. The molecular weight excluding hydrogens is 322 g/mol. The van der Waals surface area contributed by atoms with E-state index < -0.39 is 0 Å². The summed E-state index contributed by atoms with van der Waals surface area (Å²) in [5.74, 6) is 1.59. The quantitative estimate of drug-likeness (QED) is 0.776. The molecule has 3 aromatic rings. The number of aromatic nitrogens is 3. The lowest BCUT2D eigenvalue weighted by Crippen LogP contribution is -2.50. The Morgan fingerprint density at radius 2 is 1.85 bits per heavy atom. The van der Waals surface area contributed by atoms with E-state index in [1.807, 2.05) is 18.3 Å². The lowest BCUT2D eigenvalue weighted by atomic mass is 9.92. The maximum Gasteiger partial charge on any atom is 0.151 e. The topological polar surface area (TPSA) is 53.9 Å². The monoisotopic (exact) mass is 347 g/mol. The second-order valence-corrected chi connectivity index (χ2v) is 8.05. The molecule has 1 N–H and O–H groups in total. The van der Waals surface area contributed by atoms with Crippen LogP contribution in [0.2, 0.25) is 0 Å². The van der Waals surface area contributed by atoms with Crippen LogP contribution in [0.5, 0.6) is 0 Å². The zero-order valence-corrected chi connectivity index (χ0v) is 15.6. The molecule has 0 amide bonds. The molecule has 0 bridgehead atoms. The van der Waals surface area contributed by atoms with Crippen LogP contribution in [0.25, 0.3) is 10.9 Å².